The number of aromatic amines is 1. The summed E-state index contributed by atoms with van der Waals surface area (Å²) in [6, 6.07) is 5.91. The van der Waals surface area contributed by atoms with Gasteiger partial charge in [0.05, 0.1) is 39.3 Å². The first kappa shape index (κ1) is 20.2. The van der Waals surface area contributed by atoms with E-state index in [1.807, 2.05) is 24.4 Å². The predicted octanol–water partition coefficient (Wildman–Crippen LogP) is 2.64. The molecule has 29 heavy (non-hydrogen) atoms. The second kappa shape index (κ2) is 9.61. The summed E-state index contributed by atoms with van der Waals surface area (Å²) in [7, 11) is 3.36. The molecule has 0 unspecified atom stereocenters. The Bertz CT molecular complexity index is 788. The van der Waals surface area contributed by atoms with Gasteiger partial charge in [-0.2, -0.15) is 5.10 Å². The van der Waals surface area contributed by atoms with Crippen molar-refractivity contribution >= 4 is 0 Å². The van der Waals surface area contributed by atoms with Crippen molar-refractivity contribution in [2.75, 3.05) is 60.2 Å². The maximum Gasteiger partial charge on any atom is 0.131 e. The minimum Gasteiger partial charge on any atom is -0.497 e. The molecule has 2 aliphatic heterocycles. The topological polar surface area (TPSA) is 62.9 Å². The van der Waals surface area contributed by atoms with Crippen molar-refractivity contribution in [1.29, 1.82) is 0 Å². The van der Waals surface area contributed by atoms with Crippen molar-refractivity contribution in [3.8, 4) is 22.8 Å². The number of methoxy groups -OCH3 is 2. The lowest BCUT2D eigenvalue weighted by atomic mass is 9.96. The van der Waals surface area contributed by atoms with E-state index in [1.165, 1.54) is 24.9 Å². The zero-order chi connectivity index (χ0) is 20.1. The lowest BCUT2D eigenvalue weighted by Gasteiger charge is -2.36. The van der Waals surface area contributed by atoms with E-state index in [1.54, 1.807) is 14.2 Å². The largest absolute Gasteiger partial charge is 0.497 e. The monoisotopic (exact) mass is 400 g/mol. The third kappa shape index (κ3) is 4.91. The first-order valence-corrected chi connectivity index (χ1v) is 10.5. The molecule has 0 aliphatic carbocycles. The van der Waals surface area contributed by atoms with Crippen LogP contribution in [0, 0.1) is 5.92 Å². The Hall–Kier alpha value is -2.09. The SMILES string of the molecule is COc1ccc(-c2[nH]ncc2CN2CCC[C@@H](CN3CCOCC3)C2)c(OC)c1. The average Bonchev–Trinajstić information content (AvgIpc) is 3.22. The number of nitrogens with zero attached hydrogens (tertiary/aromatic N) is 3. The molecular formula is C22H32N4O3. The van der Waals surface area contributed by atoms with Crippen LogP contribution < -0.4 is 9.47 Å². The Morgan fingerprint density at radius 1 is 1.14 bits per heavy atom. The van der Waals surface area contributed by atoms with Crippen molar-refractivity contribution in [3.63, 3.8) is 0 Å². The summed E-state index contributed by atoms with van der Waals surface area (Å²) >= 11 is 0. The van der Waals surface area contributed by atoms with Crippen LogP contribution in [0.2, 0.25) is 0 Å². The first-order chi connectivity index (χ1) is 14.3. The van der Waals surface area contributed by atoms with Crippen LogP contribution in [0.1, 0.15) is 18.4 Å². The van der Waals surface area contributed by atoms with Crippen LogP contribution in [0.25, 0.3) is 11.3 Å². The van der Waals surface area contributed by atoms with Crippen LogP contribution >= 0.6 is 0 Å². The molecule has 2 aliphatic rings. The van der Waals surface area contributed by atoms with Gasteiger partial charge >= 0.3 is 0 Å². The Kier molecular flexibility index (Phi) is 6.69. The summed E-state index contributed by atoms with van der Waals surface area (Å²) in [6.07, 6.45) is 4.52. The van der Waals surface area contributed by atoms with Gasteiger partial charge in [-0.3, -0.25) is 14.9 Å². The second-order valence-electron chi connectivity index (χ2n) is 7.99. The number of aromatic nitrogens is 2. The summed E-state index contributed by atoms with van der Waals surface area (Å²) in [4.78, 5) is 5.13. The molecule has 4 rings (SSSR count). The summed E-state index contributed by atoms with van der Waals surface area (Å²) < 4.78 is 16.4. The normalized spacial score (nSPS) is 21.2. The van der Waals surface area contributed by atoms with Crippen LogP contribution in [-0.4, -0.2) is 80.2 Å². The molecule has 7 heteroatoms. The highest BCUT2D eigenvalue weighted by molar-refractivity contribution is 5.71. The summed E-state index contributed by atoms with van der Waals surface area (Å²) in [5.41, 5.74) is 3.25. The fourth-order valence-electron chi connectivity index (χ4n) is 4.50. The van der Waals surface area contributed by atoms with Crippen LogP contribution in [0.5, 0.6) is 11.5 Å². The molecule has 0 bridgehead atoms. The van der Waals surface area contributed by atoms with E-state index in [-0.39, 0.29) is 0 Å². The highest BCUT2D eigenvalue weighted by Crippen LogP contribution is 2.34. The van der Waals surface area contributed by atoms with Gasteiger partial charge in [-0.05, 0) is 37.4 Å². The second-order valence-corrected chi connectivity index (χ2v) is 7.99. The van der Waals surface area contributed by atoms with Gasteiger partial charge < -0.3 is 14.2 Å². The molecule has 0 radical (unpaired) electrons. The number of H-pyrrole nitrogens is 1. The molecule has 7 nitrogen and oxygen atoms in total. The van der Waals surface area contributed by atoms with Crippen LogP contribution in [0.3, 0.4) is 0 Å². The number of hydrogen-bond acceptors (Lipinski definition) is 6. The van der Waals surface area contributed by atoms with Crippen molar-refractivity contribution < 1.29 is 14.2 Å². The third-order valence-corrected chi connectivity index (χ3v) is 6.01. The highest BCUT2D eigenvalue weighted by atomic mass is 16.5. The van der Waals surface area contributed by atoms with E-state index in [9.17, 15) is 0 Å². The van der Waals surface area contributed by atoms with E-state index in [4.69, 9.17) is 14.2 Å². The Balaban J connectivity index is 1.43. The molecule has 2 fully saturated rings. The number of nitrogens with one attached hydrogen (secondary N) is 1. The fourth-order valence-corrected chi connectivity index (χ4v) is 4.50. The van der Waals surface area contributed by atoms with E-state index < -0.39 is 0 Å². The molecule has 0 amide bonds. The van der Waals surface area contributed by atoms with Gasteiger partial charge in [0.15, 0.2) is 0 Å². The van der Waals surface area contributed by atoms with Gasteiger partial charge in [0.1, 0.15) is 11.5 Å². The number of hydrogen-bond donors (Lipinski definition) is 1. The van der Waals surface area contributed by atoms with Crippen molar-refractivity contribution in [2.24, 2.45) is 5.92 Å². The lowest BCUT2D eigenvalue weighted by molar-refractivity contribution is 0.0224. The van der Waals surface area contributed by atoms with E-state index in [2.05, 4.69) is 20.0 Å². The minimum absolute atomic E-state index is 0.729. The lowest BCUT2D eigenvalue weighted by Crippen LogP contribution is -2.44. The van der Waals surface area contributed by atoms with Crippen molar-refractivity contribution in [1.82, 2.24) is 20.0 Å². The molecular weight excluding hydrogens is 368 g/mol. The van der Waals surface area contributed by atoms with Gasteiger partial charge in [-0.25, -0.2) is 0 Å². The highest BCUT2D eigenvalue weighted by Gasteiger charge is 2.24. The molecule has 1 atom stereocenters. The van der Waals surface area contributed by atoms with Crippen molar-refractivity contribution in [3.05, 3.63) is 30.0 Å². The molecule has 1 N–H and O–H groups in total. The molecule has 0 saturated carbocycles. The number of rotatable bonds is 7. The molecule has 2 saturated heterocycles. The van der Waals surface area contributed by atoms with E-state index in [0.717, 1.165) is 74.6 Å². The van der Waals surface area contributed by atoms with Gasteiger partial charge in [0, 0.05) is 49.9 Å². The number of morpholine rings is 1. The summed E-state index contributed by atoms with van der Waals surface area (Å²) in [6.45, 7) is 8.26. The Morgan fingerprint density at radius 3 is 2.79 bits per heavy atom. The zero-order valence-electron chi connectivity index (χ0n) is 17.5. The summed E-state index contributed by atoms with van der Waals surface area (Å²) in [5, 5.41) is 7.52. The third-order valence-electron chi connectivity index (χ3n) is 6.01. The van der Waals surface area contributed by atoms with E-state index in [0.29, 0.717) is 0 Å². The van der Waals surface area contributed by atoms with Gasteiger partial charge in [-0.1, -0.05) is 0 Å². The van der Waals surface area contributed by atoms with Crippen LogP contribution in [-0.2, 0) is 11.3 Å². The number of ether oxygens (including phenoxy) is 3. The zero-order valence-corrected chi connectivity index (χ0v) is 17.5. The van der Waals surface area contributed by atoms with Crippen LogP contribution in [0.15, 0.2) is 24.4 Å². The molecule has 3 heterocycles. The van der Waals surface area contributed by atoms with E-state index >= 15 is 0 Å². The minimum atomic E-state index is 0.729. The Morgan fingerprint density at radius 2 is 2.00 bits per heavy atom. The maximum absolute atomic E-state index is 5.60. The van der Waals surface area contributed by atoms with Gasteiger partial charge in [0.25, 0.3) is 0 Å². The predicted molar refractivity (Wildman–Crippen MR) is 112 cm³/mol. The Labute approximate surface area is 172 Å². The number of benzene rings is 1. The molecule has 158 valence electrons. The summed E-state index contributed by atoms with van der Waals surface area (Å²) in [5.74, 6) is 2.31. The smallest absolute Gasteiger partial charge is 0.131 e. The number of likely N-dealkylation sites (tertiary alicyclic amines) is 1. The fraction of sp³-hybridized carbons (Fsp3) is 0.591. The molecule has 2 aromatic rings. The van der Waals surface area contributed by atoms with Gasteiger partial charge in [-0.15, -0.1) is 0 Å². The number of piperidine rings is 1. The molecule has 1 aromatic carbocycles. The first-order valence-electron chi connectivity index (χ1n) is 10.5. The standard InChI is InChI=1S/C22H32N4O3/c1-27-19-5-6-20(21(12-19)28-2)22-18(13-23-24-22)16-26-7-3-4-17(15-26)14-25-8-10-29-11-9-25/h5-6,12-13,17H,3-4,7-11,14-16H2,1-2H3,(H,23,24)/t17-/m0/s1. The quantitative estimate of drug-likeness (QED) is 0.771. The average molecular weight is 401 g/mol. The van der Waals surface area contributed by atoms with Crippen LogP contribution in [0.4, 0.5) is 0 Å². The maximum atomic E-state index is 5.60. The molecule has 0 spiro atoms. The van der Waals surface area contributed by atoms with Gasteiger partial charge in [0.2, 0.25) is 0 Å². The molecule has 1 aromatic heterocycles. The van der Waals surface area contributed by atoms with Crippen molar-refractivity contribution in [2.45, 2.75) is 19.4 Å².